The van der Waals surface area contributed by atoms with E-state index in [1.807, 2.05) is 44.2 Å². The lowest BCUT2D eigenvalue weighted by atomic mass is 10.1. The van der Waals surface area contributed by atoms with Gasteiger partial charge in [-0.2, -0.15) is 0 Å². The second-order valence-corrected chi connectivity index (χ2v) is 8.41. The van der Waals surface area contributed by atoms with E-state index < -0.39 is 16.1 Å². The van der Waals surface area contributed by atoms with E-state index in [2.05, 4.69) is 5.32 Å². The Kier molecular flexibility index (Phi) is 6.49. The second kappa shape index (κ2) is 8.43. The molecule has 0 fully saturated rings. The molecule has 0 spiro atoms. The van der Waals surface area contributed by atoms with E-state index in [1.54, 1.807) is 32.2 Å². The number of methoxy groups -OCH3 is 1. The molecule has 2 atom stereocenters. The summed E-state index contributed by atoms with van der Waals surface area (Å²) in [5, 5.41) is 2.88. The van der Waals surface area contributed by atoms with E-state index in [0.29, 0.717) is 11.4 Å². The molecule has 1 amide bonds. The highest BCUT2D eigenvalue weighted by molar-refractivity contribution is 7.92. The highest BCUT2D eigenvalue weighted by atomic mass is 32.2. The third kappa shape index (κ3) is 5.01. The van der Waals surface area contributed by atoms with Crippen molar-refractivity contribution in [2.75, 3.05) is 17.7 Å². The first kappa shape index (κ1) is 20.8. The van der Waals surface area contributed by atoms with Gasteiger partial charge >= 0.3 is 0 Å². The van der Waals surface area contributed by atoms with Gasteiger partial charge in [0.25, 0.3) is 0 Å². The van der Waals surface area contributed by atoms with Crippen molar-refractivity contribution in [3.63, 3.8) is 0 Å². The van der Waals surface area contributed by atoms with Gasteiger partial charge in [0.1, 0.15) is 11.8 Å². The molecule has 2 rings (SSSR count). The number of rotatable bonds is 7. The molecule has 146 valence electrons. The van der Waals surface area contributed by atoms with Gasteiger partial charge in [0.05, 0.1) is 25.1 Å². The van der Waals surface area contributed by atoms with Crippen LogP contribution in [0.4, 0.5) is 5.69 Å². The zero-order chi connectivity index (χ0) is 20.2. The summed E-state index contributed by atoms with van der Waals surface area (Å²) < 4.78 is 31.2. The van der Waals surface area contributed by atoms with Crippen molar-refractivity contribution < 1.29 is 17.9 Å². The number of para-hydroxylation sites is 1. The fraction of sp³-hybridized carbons (Fsp3) is 0.350. The Morgan fingerprint density at radius 3 is 2.37 bits per heavy atom. The molecule has 0 aliphatic rings. The quantitative estimate of drug-likeness (QED) is 0.788. The standard InChI is InChI=1S/C20H26N2O4S/c1-14-9-8-10-17(13-14)22(27(5,24)25)16(3)20(23)21-15(2)18-11-6-7-12-19(18)26-4/h6-13,15-16H,1-5H3,(H,21,23). The summed E-state index contributed by atoms with van der Waals surface area (Å²) in [6.45, 7) is 5.28. The van der Waals surface area contributed by atoms with Crippen molar-refractivity contribution >= 4 is 21.6 Å². The minimum Gasteiger partial charge on any atom is -0.496 e. The third-order valence-corrected chi connectivity index (χ3v) is 5.55. The fourth-order valence-electron chi connectivity index (χ4n) is 3.01. The SMILES string of the molecule is COc1ccccc1C(C)NC(=O)C(C)N(c1cccc(C)c1)S(C)(=O)=O. The molecule has 2 aromatic carbocycles. The molecule has 0 radical (unpaired) electrons. The lowest BCUT2D eigenvalue weighted by Gasteiger charge is -2.29. The average Bonchev–Trinajstić information content (AvgIpc) is 2.60. The van der Waals surface area contributed by atoms with Crippen molar-refractivity contribution in [1.82, 2.24) is 5.32 Å². The minimum absolute atomic E-state index is 0.338. The van der Waals surface area contributed by atoms with Crippen LogP contribution in [-0.2, 0) is 14.8 Å². The Balaban J connectivity index is 2.27. The first-order valence-corrected chi connectivity index (χ1v) is 10.5. The molecule has 0 aliphatic heterocycles. The monoisotopic (exact) mass is 390 g/mol. The zero-order valence-corrected chi connectivity index (χ0v) is 17.1. The van der Waals surface area contributed by atoms with Crippen molar-refractivity contribution in [2.24, 2.45) is 0 Å². The smallest absolute Gasteiger partial charge is 0.244 e. The van der Waals surface area contributed by atoms with Crippen LogP contribution in [0.1, 0.15) is 31.0 Å². The summed E-state index contributed by atoms with van der Waals surface area (Å²) in [6, 6.07) is 13.2. The number of nitrogens with one attached hydrogen (secondary N) is 1. The molecule has 0 heterocycles. The summed E-state index contributed by atoms with van der Waals surface area (Å²) in [5.74, 6) is 0.275. The van der Waals surface area contributed by atoms with E-state index >= 15 is 0 Å². The average molecular weight is 391 g/mol. The van der Waals surface area contributed by atoms with Crippen LogP contribution in [-0.4, -0.2) is 33.7 Å². The Morgan fingerprint density at radius 2 is 1.78 bits per heavy atom. The molecule has 1 N–H and O–H groups in total. The first-order chi connectivity index (χ1) is 12.6. The number of carbonyl (C=O) groups is 1. The maximum Gasteiger partial charge on any atom is 0.244 e. The van der Waals surface area contributed by atoms with E-state index in [9.17, 15) is 13.2 Å². The predicted octanol–water partition coefficient (Wildman–Crippen LogP) is 3.04. The third-order valence-electron chi connectivity index (χ3n) is 4.31. The Labute approximate surface area is 161 Å². The highest BCUT2D eigenvalue weighted by Gasteiger charge is 2.30. The molecular weight excluding hydrogens is 364 g/mol. The molecule has 0 aromatic heterocycles. The fourth-order valence-corrected chi connectivity index (χ4v) is 4.18. The molecule has 0 bridgehead atoms. The molecule has 2 unspecified atom stereocenters. The van der Waals surface area contributed by atoms with Gasteiger partial charge in [-0.25, -0.2) is 8.42 Å². The van der Waals surface area contributed by atoms with Crippen LogP contribution in [0.3, 0.4) is 0 Å². The van der Waals surface area contributed by atoms with Gasteiger partial charge in [-0.1, -0.05) is 30.3 Å². The largest absolute Gasteiger partial charge is 0.496 e. The molecule has 0 saturated heterocycles. The van der Waals surface area contributed by atoms with Crippen molar-refractivity contribution in [2.45, 2.75) is 32.9 Å². The van der Waals surface area contributed by atoms with Crippen LogP contribution in [0.15, 0.2) is 48.5 Å². The Morgan fingerprint density at radius 1 is 1.11 bits per heavy atom. The van der Waals surface area contributed by atoms with Crippen molar-refractivity contribution in [3.05, 3.63) is 59.7 Å². The topological polar surface area (TPSA) is 75.7 Å². The number of benzene rings is 2. The van der Waals surface area contributed by atoms with E-state index in [4.69, 9.17) is 4.74 Å². The Hall–Kier alpha value is -2.54. The lowest BCUT2D eigenvalue weighted by molar-refractivity contribution is -0.122. The first-order valence-electron chi connectivity index (χ1n) is 8.64. The molecule has 2 aromatic rings. The predicted molar refractivity (Wildman–Crippen MR) is 108 cm³/mol. The number of amides is 1. The van der Waals surface area contributed by atoms with Gasteiger partial charge in [0, 0.05) is 5.56 Å². The van der Waals surface area contributed by atoms with E-state index in [-0.39, 0.29) is 11.9 Å². The van der Waals surface area contributed by atoms with Crippen molar-refractivity contribution in [1.29, 1.82) is 0 Å². The molecule has 6 nitrogen and oxygen atoms in total. The van der Waals surface area contributed by atoms with Crippen LogP contribution in [0.2, 0.25) is 0 Å². The summed E-state index contributed by atoms with van der Waals surface area (Å²) in [5.41, 5.74) is 2.20. The number of anilines is 1. The molecule has 0 saturated carbocycles. The van der Waals surface area contributed by atoms with E-state index in [0.717, 1.165) is 21.7 Å². The minimum atomic E-state index is -3.64. The summed E-state index contributed by atoms with van der Waals surface area (Å²) >= 11 is 0. The maximum absolute atomic E-state index is 12.8. The van der Waals surface area contributed by atoms with Crippen LogP contribution in [0, 0.1) is 6.92 Å². The lowest BCUT2D eigenvalue weighted by Crippen LogP contribution is -2.48. The van der Waals surface area contributed by atoms with Gasteiger partial charge in [0.2, 0.25) is 15.9 Å². The number of ether oxygens (including phenoxy) is 1. The highest BCUT2D eigenvalue weighted by Crippen LogP contribution is 2.26. The molecular formula is C20H26N2O4S. The van der Waals surface area contributed by atoms with Crippen LogP contribution in [0.5, 0.6) is 5.75 Å². The summed E-state index contributed by atoms with van der Waals surface area (Å²) in [6.07, 6.45) is 1.10. The second-order valence-electron chi connectivity index (χ2n) is 6.55. The van der Waals surface area contributed by atoms with Gasteiger partial charge in [0.15, 0.2) is 0 Å². The number of hydrogen-bond donors (Lipinski definition) is 1. The van der Waals surface area contributed by atoms with E-state index in [1.165, 1.54) is 0 Å². The zero-order valence-electron chi connectivity index (χ0n) is 16.3. The van der Waals surface area contributed by atoms with Crippen LogP contribution < -0.4 is 14.4 Å². The summed E-state index contributed by atoms with van der Waals surface area (Å²) in [4.78, 5) is 12.8. The number of sulfonamides is 1. The molecule has 0 aliphatic carbocycles. The van der Waals surface area contributed by atoms with Crippen LogP contribution in [0.25, 0.3) is 0 Å². The number of nitrogens with zero attached hydrogens (tertiary/aromatic N) is 1. The van der Waals surface area contributed by atoms with Gasteiger partial charge in [-0.3, -0.25) is 9.10 Å². The maximum atomic E-state index is 12.8. The normalized spacial score (nSPS) is 13.5. The summed E-state index contributed by atoms with van der Waals surface area (Å²) in [7, 11) is -2.08. The number of aryl methyl sites for hydroxylation is 1. The van der Waals surface area contributed by atoms with Gasteiger partial charge in [-0.15, -0.1) is 0 Å². The van der Waals surface area contributed by atoms with Crippen molar-refractivity contribution in [3.8, 4) is 5.75 Å². The molecule has 7 heteroatoms. The molecule has 27 heavy (non-hydrogen) atoms. The van der Waals surface area contributed by atoms with Gasteiger partial charge in [-0.05, 0) is 44.5 Å². The Bertz CT molecular complexity index is 912. The number of hydrogen-bond acceptors (Lipinski definition) is 4. The van der Waals surface area contributed by atoms with Crippen LogP contribution >= 0.6 is 0 Å². The van der Waals surface area contributed by atoms with Gasteiger partial charge < -0.3 is 10.1 Å². The number of carbonyl (C=O) groups excluding carboxylic acids is 1.